The molecule has 0 unspecified atom stereocenters. The number of hydrogen-bond acceptors (Lipinski definition) is 3. The fraction of sp³-hybridized carbons (Fsp3) is 0.308. The SMILES string of the molecule is C#CCNCC(=O)NCCc1ccc(O)cc1. The minimum absolute atomic E-state index is 0.0703. The van der Waals surface area contributed by atoms with E-state index < -0.39 is 0 Å². The molecule has 0 bridgehead atoms. The molecule has 0 saturated carbocycles. The van der Waals surface area contributed by atoms with Crippen LogP contribution in [0.5, 0.6) is 5.75 Å². The lowest BCUT2D eigenvalue weighted by atomic mass is 10.1. The predicted octanol–water partition coefficient (Wildman–Crippen LogP) is 0.274. The van der Waals surface area contributed by atoms with Crippen molar-refractivity contribution in [2.75, 3.05) is 19.6 Å². The molecule has 0 atom stereocenters. The molecule has 1 rings (SSSR count). The number of phenolic OH excluding ortho intramolecular Hbond substituents is 1. The molecule has 1 amide bonds. The van der Waals surface area contributed by atoms with Crippen LogP contribution in [-0.2, 0) is 11.2 Å². The summed E-state index contributed by atoms with van der Waals surface area (Å²) < 4.78 is 0. The van der Waals surface area contributed by atoms with Crippen LogP contribution >= 0.6 is 0 Å². The molecule has 0 heterocycles. The van der Waals surface area contributed by atoms with Crippen molar-refractivity contribution < 1.29 is 9.90 Å². The average molecular weight is 232 g/mol. The molecule has 90 valence electrons. The van der Waals surface area contributed by atoms with Crippen molar-refractivity contribution in [3.8, 4) is 18.1 Å². The largest absolute Gasteiger partial charge is 0.508 e. The number of phenols is 1. The first-order valence-electron chi connectivity index (χ1n) is 5.41. The summed E-state index contributed by atoms with van der Waals surface area (Å²) >= 11 is 0. The topological polar surface area (TPSA) is 61.4 Å². The lowest BCUT2D eigenvalue weighted by molar-refractivity contribution is -0.120. The van der Waals surface area contributed by atoms with E-state index in [1.54, 1.807) is 12.1 Å². The zero-order chi connectivity index (χ0) is 12.5. The quantitative estimate of drug-likeness (QED) is 0.487. The van der Waals surface area contributed by atoms with Gasteiger partial charge in [0.2, 0.25) is 5.91 Å². The van der Waals surface area contributed by atoms with Crippen LogP contribution < -0.4 is 10.6 Å². The second-order valence-electron chi connectivity index (χ2n) is 3.57. The van der Waals surface area contributed by atoms with Crippen molar-refractivity contribution >= 4 is 5.91 Å². The molecule has 0 spiro atoms. The zero-order valence-electron chi connectivity index (χ0n) is 9.57. The van der Waals surface area contributed by atoms with Crippen LogP contribution in [0.4, 0.5) is 0 Å². The molecule has 17 heavy (non-hydrogen) atoms. The summed E-state index contributed by atoms with van der Waals surface area (Å²) in [5.41, 5.74) is 1.07. The summed E-state index contributed by atoms with van der Waals surface area (Å²) in [6.07, 6.45) is 5.78. The maximum atomic E-state index is 11.3. The van der Waals surface area contributed by atoms with Crippen molar-refractivity contribution in [1.82, 2.24) is 10.6 Å². The molecule has 3 N–H and O–H groups in total. The highest BCUT2D eigenvalue weighted by Crippen LogP contribution is 2.09. The summed E-state index contributed by atoms with van der Waals surface area (Å²) in [6.45, 7) is 1.20. The Morgan fingerprint density at radius 3 is 2.71 bits per heavy atom. The second-order valence-corrected chi connectivity index (χ2v) is 3.57. The number of rotatable bonds is 6. The lowest BCUT2D eigenvalue weighted by Gasteiger charge is -2.05. The van der Waals surface area contributed by atoms with E-state index in [1.165, 1.54) is 0 Å². The van der Waals surface area contributed by atoms with Gasteiger partial charge >= 0.3 is 0 Å². The Morgan fingerprint density at radius 2 is 2.06 bits per heavy atom. The first-order valence-corrected chi connectivity index (χ1v) is 5.41. The van der Waals surface area contributed by atoms with Gasteiger partial charge in [-0.3, -0.25) is 10.1 Å². The first-order chi connectivity index (χ1) is 8.22. The maximum absolute atomic E-state index is 11.3. The highest BCUT2D eigenvalue weighted by molar-refractivity contribution is 5.77. The molecule has 4 heteroatoms. The molecule has 0 aliphatic heterocycles. The van der Waals surface area contributed by atoms with Crippen molar-refractivity contribution in [3.63, 3.8) is 0 Å². The number of carbonyl (C=O) groups excluding carboxylic acids is 1. The van der Waals surface area contributed by atoms with Crippen LogP contribution in [0, 0.1) is 12.3 Å². The minimum Gasteiger partial charge on any atom is -0.508 e. The number of amides is 1. The van der Waals surface area contributed by atoms with E-state index in [0.29, 0.717) is 13.1 Å². The molecule has 0 aliphatic carbocycles. The number of aromatic hydroxyl groups is 1. The standard InChI is InChI=1S/C13H16N2O2/c1-2-8-14-10-13(17)15-9-7-11-3-5-12(16)6-4-11/h1,3-6,14,16H,7-10H2,(H,15,17). The van der Waals surface area contributed by atoms with Gasteiger partial charge in [0, 0.05) is 6.54 Å². The highest BCUT2D eigenvalue weighted by Gasteiger charge is 1.99. The van der Waals surface area contributed by atoms with Gasteiger partial charge in [-0.25, -0.2) is 0 Å². The van der Waals surface area contributed by atoms with Gasteiger partial charge in [-0.2, -0.15) is 0 Å². The molecular weight excluding hydrogens is 216 g/mol. The fourth-order valence-corrected chi connectivity index (χ4v) is 1.32. The van der Waals surface area contributed by atoms with E-state index >= 15 is 0 Å². The summed E-state index contributed by atoms with van der Waals surface area (Å²) in [4.78, 5) is 11.3. The summed E-state index contributed by atoms with van der Waals surface area (Å²) in [7, 11) is 0. The average Bonchev–Trinajstić information content (AvgIpc) is 2.32. The molecule has 0 aromatic heterocycles. The number of benzene rings is 1. The Balaban J connectivity index is 2.17. The molecule has 0 radical (unpaired) electrons. The Bertz CT molecular complexity index is 393. The normalized spacial score (nSPS) is 9.59. The van der Waals surface area contributed by atoms with E-state index in [9.17, 15) is 4.79 Å². The van der Waals surface area contributed by atoms with Gasteiger partial charge < -0.3 is 10.4 Å². The van der Waals surface area contributed by atoms with Crippen molar-refractivity contribution in [2.45, 2.75) is 6.42 Å². The molecule has 0 aliphatic rings. The molecule has 4 nitrogen and oxygen atoms in total. The molecule has 1 aromatic carbocycles. The Labute approximate surface area is 101 Å². The first kappa shape index (κ1) is 13.1. The Kier molecular flexibility index (Phi) is 5.62. The van der Waals surface area contributed by atoms with Crippen molar-refractivity contribution in [2.24, 2.45) is 0 Å². The molecule has 0 saturated heterocycles. The van der Waals surface area contributed by atoms with Gasteiger partial charge in [0.15, 0.2) is 0 Å². The summed E-state index contributed by atoms with van der Waals surface area (Å²) in [5, 5.41) is 14.7. The van der Waals surface area contributed by atoms with Gasteiger partial charge in [0.05, 0.1) is 13.1 Å². The van der Waals surface area contributed by atoms with Gasteiger partial charge in [0.1, 0.15) is 5.75 Å². The number of terminal acetylenes is 1. The zero-order valence-corrected chi connectivity index (χ0v) is 9.57. The number of hydrogen-bond donors (Lipinski definition) is 3. The monoisotopic (exact) mass is 232 g/mol. The Hall–Kier alpha value is -1.99. The van der Waals surface area contributed by atoms with E-state index in [-0.39, 0.29) is 18.2 Å². The van der Waals surface area contributed by atoms with Crippen LogP contribution in [0.25, 0.3) is 0 Å². The van der Waals surface area contributed by atoms with Crippen LogP contribution in [0.1, 0.15) is 5.56 Å². The van der Waals surface area contributed by atoms with Gasteiger partial charge in [-0.1, -0.05) is 18.1 Å². The van der Waals surface area contributed by atoms with E-state index in [4.69, 9.17) is 11.5 Å². The summed E-state index contributed by atoms with van der Waals surface area (Å²) in [6, 6.07) is 6.92. The van der Waals surface area contributed by atoms with Crippen LogP contribution in [0.2, 0.25) is 0 Å². The fourth-order valence-electron chi connectivity index (χ4n) is 1.32. The van der Waals surface area contributed by atoms with Gasteiger partial charge in [0.25, 0.3) is 0 Å². The Morgan fingerprint density at radius 1 is 1.35 bits per heavy atom. The smallest absolute Gasteiger partial charge is 0.233 e. The number of carbonyl (C=O) groups is 1. The van der Waals surface area contributed by atoms with Crippen molar-refractivity contribution in [3.05, 3.63) is 29.8 Å². The van der Waals surface area contributed by atoms with E-state index in [1.807, 2.05) is 12.1 Å². The number of nitrogens with one attached hydrogen (secondary N) is 2. The van der Waals surface area contributed by atoms with E-state index in [2.05, 4.69) is 16.6 Å². The van der Waals surface area contributed by atoms with Crippen LogP contribution in [0.3, 0.4) is 0 Å². The van der Waals surface area contributed by atoms with E-state index in [0.717, 1.165) is 12.0 Å². The molecular formula is C13H16N2O2. The maximum Gasteiger partial charge on any atom is 0.233 e. The third-order valence-electron chi connectivity index (χ3n) is 2.18. The third-order valence-corrected chi connectivity index (χ3v) is 2.18. The van der Waals surface area contributed by atoms with Gasteiger partial charge in [-0.15, -0.1) is 6.42 Å². The lowest BCUT2D eigenvalue weighted by Crippen LogP contribution is -2.35. The molecule has 1 aromatic rings. The highest BCUT2D eigenvalue weighted by atomic mass is 16.3. The second kappa shape index (κ2) is 7.31. The minimum atomic E-state index is -0.0703. The predicted molar refractivity (Wildman–Crippen MR) is 66.5 cm³/mol. The van der Waals surface area contributed by atoms with Gasteiger partial charge in [-0.05, 0) is 24.1 Å². The van der Waals surface area contributed by atoms with Crippen LogP contribution in [-0.4, -0.2) is 30.6 Å². The van der Waals surface area contributed by atoms with Crippen LogP contribution in [0.15, 0.2) is 24.3 Å². The molecule has 0 fully saturated rings. The third kappa shape index (κ3) is 5.59. The summed E-state index contributed by atoms with van der Waals surface area (Å²) in [5.74, 6) is 2.57. The van der Waals surface area contributed by atoms with Crippen molar-refractivity contribution in [1.29, 1.82) is 0 Å².